The van der Waals surface area contributed by atoms with Crippen LogP contribution >= 0.6 is 23.6 Å². The fourth-order valence-electron chi connectivity index (χ4n) is 3.82. The number of halogens is 3. The summed E-state index contributed by atoms with van der Waals surface area (Å²) in [5, 5.41) is 5.55. The van der Waals surface area contributed by atoms with Crippen molar-refractivity contribution in [2.45, 2.75) is 32.1 Å². The molecule has 0 fully saturated rings. The Hall–Kier alpha value is -3.44. The van der Waals surface area contributed by atoms with Crippen molar-refractivity contribution < 1.29 is 18.0 Å². The Kier molecular flexibility index (Phi) is 7.08. The van der Waals surface area contributed by atoms with Crippen molar-refractivity contribution in [2.75, 3.05) is 5.73 Å². The number of fused-ring (bicyclic) bond motifs is 1. The van der Waals surface area contributed by atoms with Crippen LogP contribution in [0.15, 0.2) is 54.0 Å². The van der Waals surface area contributed by atoms with Crippen LogP contribution in [0.25, 0.3) is 22.0 Å². The number of amides is 1. The third kappa shape index (κ3) is 5.98. The molecular weight excluding hydrogens is 495 g/mol. The second-order valence-corrected chi connectivity index (χ2v) is 9.33. The van der Waals surface area contributed by atoms with Gasteiger partial charge in [-0.1, -0.05) is 42.5 Å². The fourth-order valence-corrected chi connectivity index (χ4v) is 4.49. The number of nitrogen functional groups attached to an aromatic ring is 1. The highest BCUT2D eigenvalue weighted by molar-refractivity contribution is 7.80. The molecule has 0 aliphatic heterocycles. The summed E-state index contributed by atoms with van der Waals surface area (Å²) in [4.78, 5) is 16.5. The van der Waals surface area contributed by atoms with E-state index in [1.54, 1.807) is 5.38 Å². The van der Waals surface area contributed by atoms with Crippen LogP contribution in [-0.2, 0) is 13.1 Å². The van der Waals surface area contributed by atoms with Gasteiger partial charge in [-0.05, 0) is 29.7 Å². The molecule has 0 aliphatic rings. The largest absolute Gasteiger partial charge is 0.389 e. The fraction of sp³-hybridized carbons (Fsp3) is 0.208. The quantitative estimate of drug-likeness (QED) is 0.277. The van der Waals surface area contributed by atoms with Crippen molar-refractivity contribution in [3.63, 3.8) is 0 Å². The molecule has 2 heterocycles. The van der Waals surface area contributed by atoms with E-state index in [0.717, 1.165) is 27.6 Å². The Bertz CT molecular complexity index is 1390. The number of benzene rings is 2. The lowest BCUT2D eigenvalue weighted by Crippen LogP contribution is -2.23. The van der Waals surface area contributed by atoms with Gasteiger partial charge in [-0.25, -0.2) is 4.98 Å². The van der Waals surface area contributed by atoms with Gasteiger partial charge in [0.1, 0.15) is 10.7 Å². The smallest absolute Gasteiger partial charge is 0.389 e. The van der Waals surface area contributed by atoms with Crippen molar-refractivity contribution in [3.8, 4) is 11.1 Å². The molecule has 0 saturated carbocycles. The molecule has 0 unspecified atom stereocenters. The van der Waals surface area contributed by atoms with Crippen LogP contribution in [-0.4, -0.2) is 26.6 Å². The van der Waals surface area contributed by atoms with Gasteiger partial charge in [0.05, 0.1) is 0 Å². The Morgan fingerprint density at radius 2 is 2.00 bits per heavy atom. The van der Waals surface area contributed by atoms with Gasteiger partial charge in [0.25, 0.3) is 5.91 Å². The number of anilines is 1. The number of aromatic nitrogens is 2. The first-order chi connectivity index (χ1) is 16.6. The van der Waals surface area contributed by atoms with Crippen LogP contribution in [0.2, 0.25) is 0 Å². The molecule has 35 heavy (non-hydrogen) atoms. The molecule has 0 aliphatic carbocycles. The Balaban J connectivity index is 1.65. The van der Waals surface area contributed by atoms with Crippen molar-refractivity contribution in [3.05, 3.63) is 70.9 Å². The van der Waals surface area contributed by atoms with Gasteiger partial charge in [0.15, 0.2) is 5.13 Å². The van der Waals surface area contributed by atoms with E-state index in [-0.39, 0.29) is 36.1 Å². The zero-order valence-corrected chi connectivity index (χ0v) is 20.1. The third-order valence-electron chi connectivity index (χ3n) is 5.47. The molecule has 0 saturated heterocycles. The lowest BCUT2D eigenvalue weighted by molar-refractivity contribution is -0.135. The minimum atomic E-state index is -4.22. The zero-order valence-electron chi connectivity index (χ0n) is 18.4. The lowest BCUT2D eigenvalue weighted by Gasteiger charge is -2.09. The van der Waals surface area contributed by atoms with E-state index >= 15 is 0 Å². The molecule has 0 spiro atoms. The number of nitrogens with zero attached hydrogens (tertiary/aromatic N) is 2. The molecule has 4 rings (SSSR count). The molecule has 182 valence electrons. The molecule has 0 atom stereocenters. The van der Waals surface area contributed by atoms with Crippen LogP contribution < -0.4 is 16.8 Å². The minimum absolute atomic E-state index is 0.0497. The van der Waals surface area contributed by atoms with E-state index in [9.17, 15) is 18.0 Å². The van der Waals surface area contributed by atoms with E-state index in [2.05, 4.69) is 10.3 Å². The van der Waals surface area contributed by atoms with Gasteiger partial charge < -0.3 is 21.4 Å². The standard InChI is InChI=1S/C24H22F3N5OS2/c25-24(26,27)7-2-8-32-12-18(15-3-1-4-16(10-15)21(28)34)17-6-5-14(9-20(17)32)11-30-22(33)19-13-35-23(29)31-19/h1,3-6,9-10,12-13H,2,7-8,11H2,(H2,28,34)(H2,29,31)(H,30,33). The normalized spacial score (nSPS) is 11.6. The van der Waals surface area contributed by atoms with Crippen LogP contribution in [0.1, 0.15) is 34.5 Å². The third-order valence-corrected chi connectivity index (χ3v) is 6.38. The first kappa shape index (κ1) is 24.7. The SMILES string of the molecule is NC(=S)c1cccc(-c2cn(CCCC(F)(F)F)c3cc(CNC(=O)c4csc(N)n4)ccc23)c1. The van der Waals surface area contributed by atoms with Crippen molar-refractivity contribution in [2.24, 2.45) is 5.73 Å². The number of carbonyl (C=O) groups is 1. The number of nitrogens with one attached hydrogen (secondary N) is 1. The average molecular weight is 518 g/mol. The molecule has 0 bridgehead atoms. The van der Waals surface area contributed by atoms with Crippen molar-refractivity contribution in [1.29, 1.82) is 0 Å². The number of thiazole rings is 1. The van der Waals surface area contributed by atoms with Crippen molar-refractivity contribution in [1.82, 2.24) is 14.9 Å². The second-order valence-electron chi connectivity index (χ2n) is 8.01. The van der Waals surface area contributed by atoms with Gasteiger partial charge >= 0.3 is 6.18 Å². The summed E-state index contributed by atoms with van der Waals surface area (Å²) < 4.78 is 40.1. The number of rotatable bonds is 8. The van der Waals surface area contributed by atoms with Crippen LogP contribution in [0.3, 0.4) is 0 Å². The number of hydrogen-bond donors (Lipinski definition) is 3. The number of thiocarbonyl (C=S) groups is 1. The topological polar surface area (TPSA) is 99.0 Å². The predicted octanol–water partition coefficient (Wildman–Crippen LogP) is 5.25. The average Bonchev–Trinajstić information content (AvgIpc) is 3.40. The Labute approximate surface area is 208 Å². The van der Waals surface area contributed by atoms with Gasteiger partial charge in [-0.3, -0.25) is 4.79 Å². The zero-order chi connectivity index (χ0) is 25.2. The van der Waals surface area contributed by atoms with E-state index in [1.165, 1.54) is 11.3 Å². The van der Waals surface area contributed by atoms with Crippen LogP contribution in [0.5, 0.6) is 0 Å². The summed E-state index contributed by atoms with van der Waals surface area (Å²) in [6.07, 6.45) is -3.29. The number of hydrogen-bond acceptors (Lipinski definition) is 5. The highest BCUT2D eigenvalue weighted by Gasteiger charge is 2.26. The molecular formula is C24H22F3N5OS2. The molecule has 2 aromatic heterocycles. The summed E-state index contributed by atoms with van der Waals surface area (Å²) in [5.74, 6) is -0.353. The Morgan fingerprint density at radius 3 is 2.69 bits per heavy atom. The summed E-state index contributed by atoms with van der Waals surface area (Å²) in [7, 11) is 0. The number of alkyl halides is 3. The molecule has 0 radical (unpaired) electrons. The molecule has 2 aromatic carbocycles. The van der Waals surface area contributed by atoms with Crippen molar-refractivity contribution >= 4 is 50.5 Å². The monoisotopic (exact) mass is 517 g/mol. The van der Waals surface area contributed by atoms with Gasteiger partial charge in [-0.15, -0.1) is 11.3 Å². The number of nitrogens with two attached hydrogens (primary N) is 2. The maximum atomic E-state index is 12.8. The van der Waals surface area contributed by atoms with Gasteiger partial charge in [0, 0.05) is 53.1 Å². The molecule has 11 heteroatoms. The summed E-state index contributed by atoms with van der Waals surface area (Å²) in [6, 6.07) is 13.1. The molecule has 4 aromatic rings. The minimum Gasteiger partial charge on any atom is -0.389 e. The van der Waals surface area contributed by atoms with Crippen LogP contribution in [0, 0.1) is 0 Å². The van der Waals surface area contributed by atoms with E-state index in [4.69, 9.17) is 23.7 Å². The lowest BCUT2D eigenvalue weighted by atomic mass is 10.0. The summed E-state index contributed by atoms with van der Waals surface area (Å²) in [6.45, 7) is 0.422. The van der Waals surface area contributed by atoms with Gasteiger partial charge in [0.2, 0.25) is 0 Å². The van der Waals surface area contributed by atoms with E-state index in [0.29, 0.717) is 10.7 Å². The van der Waals surface area contributed by atoms with E-state index < -0.39 is 12.6 Å². The number of carbonyl (C=O) groups excluding carboxylic acids is 1. The first-order valence-electron chi connectivity index (χ1n) is 10.7. The molecule has 6 nitrogen and oxygen atoms in total. The van der Waals surface area contributed by atoms with Crippen LogP contribution in [0.4, 0.5) is 18.3 Å². The maximum Gasteiger partial charge on any atom is 0.389 e. The van der Waals surface area contributed by atoms with Gasteiger partial charge in [-0.2, -0.15) is 13.2 Å². The summed E-state index contributed by atoms with van der Waals surface area (Å²) in [5.41, 5.74) is 15.6. The molecule has 5 N–H and O–H groups in total. The molecule has 1 amide bonds. The van der Waals surface area contributed by atoms with E-state index in [1.807, 2.05) is 53.2 Å². The highest BCUT2D eigenvalue weighted by atomic mass is 32.1. The Morgan fingerprint density at radius 1 is 1.20 bits per heavy atom. The second kappa shape index (κ2) is 10.0. The highest BCUT2D eigenvalue weighted by Crippen LogP contribution is 2.33. The number of aryl methyl sites for hydroxylation is 1. The summed E-state index contributed by atoms with van der Waals surface area (Å²) >= 11 is 6.27. The predicted molar refractivity (Wildman–Crippen MR) is 136 cm³/mol. The first-order valence-corrected chi connectivity index (χ1v) is 12.0. The maximum absolute atomic E-state index is 12.8.